The van der Waals surface area contributed by atoms with Crippen LogP contribution in [-0.2, 0) is 20.8 Å². The van der Waals surface area contributed by atoms with Crippen LogP contribution in [0.3, 0.4) is 0 Å². The molecule has 0 unspecified atom stereocenters. The highest BCUT2D eigenvalue weighted by atomic mass is 32.1. The predicted octanol–water partition coefficient (Wildman–Crippen LogP) is 1.97. The van der Waals surface area contributed by atoms with Gasteiger partial charge in [0, 0.05) is 55.3 Å². The maximum Gasteiger partial charge on any atom is 0.224 e. The average molecular weight is 392 g/mol. The molecule has 0 spiro atoms. The van der Waals surface area contributed by atoms with Crippen LogP contribution >= 0.6 is 11.3 Å². The Bertz CT molecular complexity index is 688. The molecule has 3 amide bonds. The van der Waals surface area contributed by atoms with E-state index in [-0.39, 0.29) is 23.6 Å². The third kappa shape index (κ3) is 5.54. The Balaban J connectivity index is 1.39. The van der Waals surface area contributed by atoms with Crippen LogP contribution < -0.4 is 5.32 Å². The Morgan fingerprint density at radius 3 is 2.67 bits per heavy atom. The van der Waals surface area contributed by atoms with E-state index in [2.05, 4.69) is 24.4 Å². The highest BCUT2D eigenvalue weighted by Gasteiger charge is 2.30. The fourth-order valence-corrected chi connectivity index (χ4v) is 4.70. The van der Waals surface area contributed by atoms with Crippen molar-refractivity contribution in [1.82, 2.24) is 15.1 Å². The Morgan fingerprint density at radius 1 is 1.19 bits per heavy atom. The lowest BCUT2D eigenvalue weighted by Crippen LogP contribution is -2.46. The van der Waals surface area contributed by atoms with Gasteiger partial charge in [-0.3, -0.25) is 14.4 Å². The second-order valence-corrected chi connectivity index (χ2v) is 8.84. The molecule has 1 aromatic rings. The van der Waals surface area contributed by atoms with Gasteiger partial charge in [-0.05, 0) is 44.7 Å². The molecule has 1 N–H and O–H groups in total. The molecule has 0 aliphatic carbocycles. The summed E-state index contributed by atoms with van der Waals surface area (Å²) in [4.78, 5) is 42.6. The minimum atomic E-state index is -0.124. The molecule has 3 rings (SSSR count). The Kier molecular flexibility index (Phi) is 6.88. The number of hydrogen-bond donors (Lipinski definition) is 1. The molecule has 2 aliphatic heterocycles. The number of hydrogen-bond acceptors (Lipinski definition) is 4. The first-order chi connectivity index (χ1) is 13.0. The van der Waals surface area contributed by atoms with Gasteiger partial charge in [-0.1, -0.05) is 0 Å². The molecule has 2 aliphatic rings. The topological polar surface area (TPSA) is 69.7 Å². The number of amides is 3. The lowest BCUT2D eigenvalue weighted by Gasteiger charge is -2.32. The highest BCUT2D eigenvalue weighted by Crippen LogP contribution is 2.19. The Morgan fingerprint density at radius 2 is 1.96 bits per heavy atom. The molecular weight excluding hydrogens is 362 g/mol. The van der Waals surface area contributed by atoms with Gasteiger partial charge in [0.05, 0.1) is 5.92 Å². The zero-order valence-corrected chi connectivity index (χ0v) is 16.9. The van der Waals surface area contributed by atoms with Gasteiger partial charge in [-0.2, -0.15) is 0 Å². The summed E-state index contributed by atoms with van der Waals surface area (Å²) >= 11 is 1.76. The Hall–Kier alpha value is -1.89. The molecule has 0 bridgehead atoms. The van der Waals surface area contributed by atoms with E-state index >= 15 is 0 Å². The smallest absolute Gasteiger partial charge is 0.224 e. The normalized spacial score (nSPS) is 20.4. The fraction of sp³-hybridized carbons (Fsp3) is 0.650. The van der Waals surface area contributed by atoms with Crippen LogP contribution in [0.1, 0.15) is 41.9 Å². The summed E-state index contributed by atoms with van der Waals surface area (Å²) in [6, 6.07) is 4.21. The van der Waals surface area contributed by atoms with E-state index in [0.717, 1.165) is 25.8 Å². The number of piperidine rings is 1. The number of likely N-dealkylation sites (tertiary alicyclic amines) is 2. The molecule has 2 fully saturated rings. The van der Waals surface area contributed by atoms with Crippen molar-refractivity contribution in [3.8, 4) is 0 Å². The van der Waals surface area contributed by atoms with E-state index in [9.17, 15) is 14.4 Å². The number of aryl methyl sites for hydroxylation is 1. The van der Waals surface area contributed by atoms with E-state index in [1.165, 1.54) is 9.75 Å². The molecule has 0 radical (unpaired) electrons. The van der Waals surface area contributed by atoms with Gasteiger partial charge in [0.25, 0.3) is 0 Å². The average Bonchev–Trinajstić information content (AvgIpc) is 3.25. The summed E-state index contributed by atoms with van der Waals surface area (Å²) < 4.78 is 0. The molecule has 1 atom stereocenters. The third-order valence-corrected chi connectivity index (χ3v) is 6.43. The summed E-state index contributed by atoms with van der Waals surface area (Å²) in [5, 5.41) is 3.03. The van der Waals surface area contributed by atoms with Crippen molar-refractivity contribution in [3.63, 3.8) is 0 Å². The molecule has 6 nitrogen and oxygen atoms in total. The summed E-state index contributed by atoms with van der Waals surface area (Å²) in [6.45, 7) is 5.39. The first-order valence-corrected chi connectivity index (χ1v) is 10.7. The zero-order chi connectivity index (χ0) is 19.2. The van der Waals surface area contributed by atoms with Gasteiger partial charge in [0.1, 0.15) is 0 Å². The number of thiophene rings is 1. The highest BCUT2D eigenvalue weighted by molar-refractivity contribution is 7.11. The molecule has 7 heteroatoms. The van der Waals surface area contributed by atoms with Crippen LogP contribution in [0.15, 0.2) is 12.1 Å². The zero-order valence-electron chi connectivity index (χ0n) is 16.0. The van der Waals surface area contributed by atoms with Crippen LogP contribution in [0.4, 0.5) is 0 Å². The van der Waals surface area contributed by atoms with Crippen molar-refractivity contribution in [2.24, 2.45) is 5.92 Å². The van der Waals surface area contributed by atoms with Crippen LogP contribution in [0.25, 0.3) is 0 Å². The van der Waals surface area contributed by atoms with Crippen molar-refractivity contribution >= 4 is 29.1 Å². The molecule has 27 heavy (non-hydrogen) atoms. The number of rotatable bonds is 8. The molecule has 1 aromatic heterocycles. The van der Waals surface area contributed by atoms with Crippen LogP contribution in [0.5, 0.6) is 0 Å². The SMILES string of the molecule is Cc1ccc(CCNC(=O)[C@@H]2CCC(=O)N(CCCN3CCCC3=O)C2)s1. The van der Waals surface area contributed by atoms with Gasteiger partial charge >= 0.3 is 0 Å². The van der Waals surface area contributed by atoms with E-state index in [0.29, 0.717) is 45.4 Å². The third-order valence-electron chi connectivity index (χ3n) is 5.37. The molecule has 148 valence electrons. The summed E-state index contributed by atoms with van der Waals surface area (Å²) in [6.07, 6.45) is 4.28. The first kappa shape index (κ1) is 19.9. The van der Waals surface area contributed by atoms with Gasteiger partial charge < -0.3 is 15.1 Å². The predicted molar refractivity (Wildman–Crippen MR) is 106 cm³/mol. The molecular formula is C20H29N3O3S. The van der Waals surface area contributed by atoms with Crippen molar-refractivity contribution in [2.75, 3.05) is 32.7 Å². The monoisotopic (exact) mass is 391 g/mol. The quantitative estimate of drug-likeness (QED) is 0.737. The largest absolute Gasteiger partial charge is 0.355 e. The standard InChI is InChI=1S/C20H29N3O3S/c1-15-5-7-17(27-15)9-10-21-20(26)16-6-8-19(25)23(14-16)13-3-12-22-11-2-4-18(22)24/h5,7,16H,2-4,6,8-14H2,1H3,(H,21,26)/t16-/m1/s1. The molecule has 0 aromatic carbocycles. The number of carbonyl (C=O) groups is 3. The van der Waals surface area contributed by atoms with Crippen molar-refractivity contribution in [2.45, 2.75) is 45.4 Å². The molecule has 3 heterocycles. The lowest BCUT2D eigenvalue weighted by molar-refractivity contribution is -0.138. The Labute approximate surface area is 164 Å². The minimum absolute atomic E-state index is 0.0514. The van der Waals surface area contributed by atoms with Gasteiger partial charge in [0.15, 0.2) is 0 Å². The van der Waals surface area contributed by atoms with Crippen molar-refractivity contribution in [3.05, 3.63) is 21.9 Å². The van der Waals surface area contributed by atoms with Gasteiger partial charge in [-0.15, -0.1) is 11.3 Å². The molecule has 0 saturated carbocycles. The van der Waals surface area contributed by atoms with Crippen LogP contribution in [-0.4, -0.2) is 60.2 Å². The summed E-state index contributed by atoms with van der Waals surface area (Å²) in [5.74, 6) is 0.274. The van der Waals surface area contributed by atoms with E-state index in [4.69, 9.17) is 0 Å². The maximum atomic E-state index is 12.5. The molecule has 2 saturated heterocycles. The van der Waals surface area contributed by atoms with E-state index in [1.54, 1.807) is 16.2 Å². The van der Waals surface area contributed by atoms with Crippen LogP contribution in [0, 0.1) is 12.8 Å². The van der Waals surface area contributed by atoms with Crippen molar-refractivity contribution in [1.29, 1.82) is 0 Å². The van der Waals surface area contributed by atoms with E-state index in [1.807, 2.05) is 4.90 Å². The summed E-state index contributed by atoms with van der Waals surface area (Å²) in [5.41, 5.74) is 0. The summed E-state index contributed by atoms with van der Waals surface area (Å²) in [7, 11) is 0. The van der Waals surface area contributed by atoms with Crippen molar-refractivity contribution < 1.29 is 14.4 Å². The second kappa shape index (κ2) is 9.35. The number of nitrogens with one attached hydrogen (secondary N) is 1. The fourth-order valence-electron chi connectivity index (χ4n) is 3.81. The number of carbonyl (C=O) groups excluding carboxylic acids is 3. The van der Waals surface area contributed by atoms with Gasteiger partial charge in [0.2, 0.25) is 17.7 Å². The van der Waals surface area contributed by atoms with E-state index < -0.39 is 0 Å². The second-order valence-electron chi connectivity index (χ2n) is 7.47. The van der Waals surface area contributed by atoms with Crippen LogP contribution in [0.2, 0.25) is 0 Å². The lowest BCUT2D eigenvalue weighted by atomic mass is 9.96. The minimum Gasteiger partial charge on any atom is -0.355 e. The van der Waals surface area contributed by atoms with Gasteiger partial charge in [-0.25, -0.2) is 0 Å². The first-order valence-electron chi connectivity index (χ1n) is 9.91. The number of nitrogens with zero attached hydrogens (tertiary/aromatic N) is 2. The maximum absolute atomic E-state index is 12.5.